The third-order valence-corrected chi connectivity index (χ3v) is 4.29. The van der Waals surface area contributed by atoms with Gasteiger partial charge in [-0.05, 0) is 54.7 Å². The molecule has 4 nitrogen and oxygen atoms in total. The van der Waals surface area contributed by atoms with Gasteiger partial charge in [0, 0.05) is 29.3 Å². The van der Waals surface area contributed by atoms with Gasteiger partial charge in [0.25, 0.3) is 0 Å². The number of aromatic amines is 1. The number of aliphatic imine (C=N–C) groups is 1. The summed E-state index contributed by atoms with van der Waals surface area (Å²) in [5.74, 6) is 0.454. The van der Waals surface area contributed by atoms with Gasteiger partial charge in [-0.1, -0.05) is 31.2 Å². The Hall–Kier alpha value is -2.02. The maximum absolute atomic E-state index is 5.99. The molecule has 3 aromatic rings. The molecule has 0 aliphatic carbocycles. The van der Waals surface area contributed by atoms with Gasteiger partial charge >= 0.3 is 0 Å². The molecule has 0 amide bonds. The van der Waals surface area contributed by atoms with E-state index in [-0.39, 0.29) is 24.0 Å². The van der Waals surface area contributed by atoms with E-state index in [0.717, 1.165) is 18.5 Å². The number of halogens is 1. The first-order chi connectivity index (χ1) is 11.7. The van der Waals surface area contributed by atoms with Crippen molar-refractivity contribution < 1.29 is 0 Å². The van der Waals surface area contributed by atoms with E-state index in [2.05, 4.69) is 65.7 Å². The Morgan fingerprint density at radius 1 is 1.16 bits per heavy atom. The molecule has 0 saturated heterocycles. The van der Waals surface area contributed by atoms with Crippen LogP contribution in [-0.2, 0) is 12.8 Å². The lowest BCUT2D eigenvalue weighted by atomic mass is 10.1. The average molecular weight is 448 g/mol. The van der Waals surface area contributed by atoms with Gasteiger partial charge in [0.15, 0.2) is 5.96 Å². The van der Waals surface area contributed by atoms with Gasteiger partial charge in [0.05, 0.1) is 0 Å². The molecule has 1 heterocycles. The Morgan fingerprint density at radius 2 is 1.92 bits per heavy atom. The number of rotatable bonds is 5. The molecule has 0 bridgehead atoms. The van der Waals surface area contributed by atoms with Crippen molar-refractivity contribution in [2.24, 2.45) is 10.7 Å². The summed E-state index contributed by atoms with van der Waals surface area (Å²) in [6, 6.07) is 14.6. The van der Waals surface area contributed by atoms with Crippen molar-refractivity contribution in [1.29, 1.82) is 0 Å². The number of nitrogens with one attached hydrogen (secondary N) is 2. The van der Waals surface area contributed by atoms with Crippen molar-refractivity contribution in [2.45, 2.75) is 26.7 Å². The summed E-state index contributed by atoms with van der Waals surface area (Å²) in [6.07, 6.45) is 3.97. The summed E-state index contributed by atoms with van der Waals surface area (Å²) in [5.41, 5.74) is 12.0. The number of hydrogen-bond donors (Lipinski definition) is 3. The molecule has 3 rings (SSSR count). The first kappa shape index (κ1) is 19.3. The molecule has 0 atom stereocenters. The zero-order valence-corrected chi connectivity index (χ0v) is 17.0. The van der Waals surface area contributed by atoms with Gasteiger partial charge in [-0.15, -0.1) is 24.0 Å². The quantitative estimate of drug-likeness (QED) is 0.303. The molecule has 1 aromatic heterocycles. The Kier molecular flexibility index (Phi) is 6.87. The first-order valence-electron chi connectivity index (χ1n) is 8.39. The van der Waals surface area contributed by atoms with Crippen molar-refractivity contribution in [3.63, 3.8) is 0 Å². The highest BCUT2D eigenvalue weighted by Gasteiger charge is 2.05. The number of guanidine groups is 1. The Labute approximate surface area is 165 Å². The van der Waals surface area contributed by atoms with E-state index in [1.165, 1.54) is 27.6 Å². The SMILES string of the molecule is CCc1ccc(NC(N)=NCCc2c[nH]c3cccc(C)c23)cc1.I. The highest BCUT2D eigenvalue weighted by atomic mass is 127. The summed E-state index contributed by atoms with van der Waals surface area (Å²) in [7, 11) is 0. The summed E-state index contributed by atoms with van der Waals surface area (Å²) in [5, 5.41) is 4.44. The molecule has 2 aromatic carbocycles. The number of nitrogens with zero attached hydrogens (tertiary/aromatic N) is 1. The van der Waals surface area contributed by atoms with E-state index in [1.807, 2.05) is 12.1 Å². The lowest BCUT2D eigenvalue weighted by molar-refractivity contribution is 0.971. The largest absolute Gasteiger partial charge is 0.370 e. The van der Waals surface area contributed by atoms with Gasteiger partial charge < -0.3 is 16.0 Å². The predicted octanol–water partition coefficient (Wildman–Crippen LogP) is 4.63. The maximum Gasteiger partial charge on any atom is 0.193 e. The normalized spacial score (nSPS) is 11.4. The van der Waals surface area contributed by atoms with Crippen LogP contribution in [0.4, 0.5) is 5.69 Å². The van der Waals surface area contributed by atoms with E-state index >= 15 is 0 Å². The van der Waals surface area contributed by atoms with E-state index in [0.29, 0.717) is 12.5 Å². The maximum atomic E-state index is 5.99. The molecule has 0 unspecified atom stereocenters. The number of hydrogen-bond acceptors (Lipinski definition) is 1. The van der Waals surface area contributed by atoms with Crippen LogP contribution >= 0.6 is 24.0 Å². The topological polar surface area (TPSA) is 66.2 Å². The van der Waals surface area contributed by atoms with Crippen LogP contribution in [0, 0.1) is 6.92 Å². The van der Waals surface area contributed by atoms with Crippen LogP contribution < -0.4 is 11.1 Å². The van der Waals surface area contributed by atoms with Crippen LogP contribution in [0.5, 0.6) is 0 Å². The Balaban J connectivity index is 0.00000225. The van der Waals surface area contributed by atoms with Crippen LogP contribution in [0.3, 0.4) is 0 Å². The summed E-state index contributed by atoms with van der Waals surface area (Å²) in [6.45, 7) is 4.94. The number of aromatic nitrogens is 1. The summed E-state index contributed by atoms with van der Waals surface area (Å²) in [4.78, 5) is 7.77. The fourth-order valence-corrected chi connectivity index (χ4v) is 2.96. The Bertz CT molecular complexity index is 850. The Morgan fingerprint density at radius 3 is 2.64 bits per heavy atom. The van der Waals surface area contributed by atoms with Crippen LogP contribution in [0.2, 0.25) is 0 Å². The molecular weight excluding hydrogens is 423 g/mol. The average Bonchev–Trinajstić information content (AvgIpc) is 3.00. The highest BCUT2D eigenvalue weighted by molar-refractivity contribution is 14.0. The van der Waals surface area contributed by atoms with Crippen molar-refractivity contribution >= 4 is 46.5 Å². The van der Waals surface area contributed by atoms with Gasteiger partial charge in [0.2, 0.25) is 0 Å². The monoisotopic (exact) mass is 448 g/mol. The second-order valence-corrected chi connectivity index (χ2v) is 6.00. The van der Waals surface area contributed by atoms with Gasteiger partial charge in [0.1, 0.15) is 0 Å². The van der Waals surface area contributed by atoms with E-state index in [4.69, 9.17) is 5.73 Å². The second-order valence-electron chi connectivity index (χ2n) is 6.00. The molecule has 0 radical (unpaired) electrons. The number of anilines is 1. The van der Waals surface area contributed by atoms with Crippen molar-refractivity contribution in [2.75, 3.05) is 11.9 Å². The zero-order valence-electron chi connectivity index (χ0n) is 14.7. The van der Waals surface area contributed by atoms with Gasteiger partial charge in [-0.3, -0.25) is 4.99 Å². The summed E-state index contributed by atoms with van der Waals surface area (Å²) >= 11 is 0. The van der Waals surface area contributed by atoms with Crippen LogP contribution in [0.1, 0.15) is 23.6 Å². The molecule has 132 valence electrons. The second kappa shape index (κ2) is 8.89. The molecule has 5 heteroatoms. The van der Waals surface area contributed by atoms with Gasteiger partial charge in [-0.25, -0.2) is 0 Å². The highest BCUT2D eigenvalue weighted by Crippen LogP contribution is 2.22. The first-order valence-corrected chi connectivity index (χ1v) is 8.39. The molecule has 0 aliphatic heterocycles. The van der Waals surface area contributed by atoms with E-state index < -0.39 is 0 Å². The smallest absolute Gasteiger partial charge is 0.193 e. The number of aryl methyl sites for hydroxylation is 2. The minimum Gasteiger partial charge on any atom is -0.370 e. The molecule has 0 fully saturated rings. The third kappa shape index (κ3) is 4.75. The minimum atomic E-state index is 0. The lowest BCUT2D eigenvalue weighted by Gasteiger charge is -2.06. The number of benzene rings is 2. The van der Waals surface area contributed by atoms with Crippen LogP contribution in [-0.4, -0.2) is 17.5 Å². The zero-order chi connectivity index (χ0) is 16.9. The molecule has 0 saturated carbocycles. The molecule has 4 N–H and O–H groups in total. The van der Waals surface area contributed by atoms with Crippen molar-refractivity contribution in [3.8, 4) is 0 Å². The molecule has 25 heavy (non-hydrogen) atoms. The van der Waals surface area contributed by atoms with Crippen molar-refractivity contribution in [1.82, 2.24) is 4.98 Å². The number of H-pyrrole nitrogens is 1. The van der Waals surface area contributed by atoms with Crippen LogP contribution in [0.15, 0.2) is 53.7 Å². The predicted molar refractivity (Wildman–Crippen MR) is 118 cm³/mol. The third-order valence-electron chi connectivity index (χ3n) is 4.29. The molecule has 0 aliphatic rings. The fourth-order valence-electron chi connectivity index (χ4n) is 2.96. The van der Waals surface area contributed by atoms with E-state index in [1.54, 1.807) is 0 Å². The fraction of sp³-hybridized carbons (Fsp3) is 0.250. The minimum absolute atomic E-state index is 0. The standard InChI is InChI=1S/C20H24N4.HI/c1-3-15-7-9-17(10-8-15)24-20(21)22-12-11-16-13-23-18-6-4-5-14(2)19(16)18;/h4-10,13,23H,3,11-12H2,1-2H3,(H3,21,22,24);1H. The number of nitrogens with two attached hydrogens (primary N) is 1. The molecular formula is C20H25IN4. The van der Waals surface area contributed by atoms with Gasteiger partial charge in [-0.2, -0.15) is 0 Å². The van der Waals surface area contributed by atoms with Crippen molar-refractivity contribution in [3.05, 3.63) is 65.4 Å². The summed E-state index contributed by atoms with van der Waals surface area (Å²) < 4.78 is 0. The van der Waals surface area contributed by atoms with Crippen LogP contribution in [0.25, 0.3) is 10.9 Å². The number of fused-ring (bicyclic) bond motifs is 1. The molecule has 0 spiro atoms. The lowest BCUT2D eigenvalue weighted by Crippen LogP contribution is -2.23. The van der Waals surface area contributed by atoms with E-state index in [9.17, 15) is 0 Å².